The summed E-state index contributed by atoms with van der Waals surface area (Å²) in [7, 11) is -2.43. The van der Waals surface area contributed by atoms with Gasteiger partial charge in [-0.3, -0.25) is 4.72 Å². The van der Waals surface area contributed by atoms with Gasteiger partial charge in [0.1, 0.15) is 10.0 Å². The molecule has 2 aromatic carbocycles. The van der Waals surface area contributed by atoms with E-state index in [4.69, 9.17) is 22.7 Å². The van der Waals surface area contributed by atoms with Gasteiger partial charge < -0.3 is 10.5 Å². The first-order valence-corrected chi connectivity index (χ1v) is 13.0. The molecule has 0 saturated carbocycles. The van der Waals surface area contributed by atoms with Crippen LogP contribution in [0.2, 0.25) is 0 Å². The van der Waals surface area contributed by atoms with Gasteiger partial charge in [-0.05, 0) is 49.4 Å². The second-order valence-electron chi connectivity index (χ2n) is 7.21. The maximum Gasteiger partial charge on any atom is 0.263 e. The molecule has 0 saturated heterocycles. The van der Waals surface area contributed by atoms with Gasteiger partial charge in [-0.25, -0.2) is 13.1 Å². The van der Waals surface area contributed by atoms with Gasteiger partial charge in [-0.2, -0.15) is 5.10 Å². The number of nitrogens with zero attached hydrogens (tertiary/aromatic N) is 6. The first-order valence-electron chi connectivity index (χ1n) is 10.3. The van der Waals surface area contributed by atoms with Crippen LogP contribution in [-0.2, 0) is 10.0 Å². The minimum absolute atomic E-state index is 0.0268. The Bertz CT molecular complexity index is 1500. The van der Waals surface area contributed by atoms with E-state index >= 15 is 0 Å². The molecule has 14 heteroatoms. The number of aryl methyl sites for hydroxylation is 1. The monoisotopic (exact) mass is 540 g/mol. The lowest BCUT2D eigenvalue weighted by atomic mass is 10.2. The molecule has 0 amide bonds. The molecule has 36 heavy (non-hydrogen) atoms. The maximum absolute atomic E-state index is 12.6. The van der Waals surface area contributed by atoms with Crippen LogP contribution in [0, 0.1) is 6.92 Å². The number of hydrogen-bond acceptors (Lipinski definition) is 11. The Morgan fingerprint density at radius 2 is 1.81 bits per heavy atom. The summed E-state index contributed by atoms with van der Waals surface area (Å²) in [4.78, 5) is 0.0268. The highest BCUT2D eigenvalue weighted by molar-refractivity contribution is 8.22. The average Bonchev–Trinajstić information content (AvgIpc) is 3.18. The van der Waals surface area contributed by atoms with Gasteiger partial charge in [0, 0.05) is 18.0 Å². The topological polar surface area (TPSA) is 150 Å². The van der Waals surface area contributed by atoms with Gasteiger partial charge in [0.15, 0.2) is 5.82 Å². The van der Waals surface area contributed by atoms with Gasteiger partial charge in [0.25, 0.3) is 10.0 Å². The molecule has 0 atom stereocenters. The van der Waals surface area contributed by atoms with Crippen molar-refractivity contribution in [3.63, 3.8) is 0 Å². The fraction of sp³-hybridized carbons (Fsp3) is 0.0909. The first-order chi connectivity index (χ1) is 17.3. The Morgan fingerprint density at radius 3 is 2.44 bits per heavy atom. The summed E-state index contributed by atoms with van der Waals surface area (Å²) in [5, 5.41) is 16.1. The molecule has 0 bridgehead atoms. The smallest absolute Gasteiger partial charge is 0.263 e. The highest BCUT2D eigenvalue weighted by Crippen LogP contribution is 2.28. The van der Waals surface area contributed by atoms with E-state index in [-0.39, 0.29) is 16.6 Å². The summed E-state index contributed by atoms with van der Waals surface area (Å²) in [6.07, 6.45) is 0. The van der Waals surface area contributed by atoms with Crippen molar-refractivity contribution >= 4 is 55.7 Å². The summed E-state index contributed by atoms with van der Waals surface area (Å²) in [5.41, 5.74) is 8.85. The van der Waals surface area contributed by atoms with Gasteiger partial charge in [-0.15, -0.1) is 19.8 Å². The minimum Gasteiger partial charge on any atom is -0.480 e. The van der Waals surface area contributed by atoms with Crippen LogP contribution in [0.15, 0.2) is 81.3 Å². The van der Waals surface area contributed by atoms with Gasteiger partial charge >= 0.3 is 0 Å². The lowest BCUT2D eigenvalue weighted by molar-refractivity contribution is 0.392. The normalized spacial score (nSPS) is 11.5. The largest absolute Gasteiger partial charge is 0.480 e. The predicted octanol–water partition coefficient (Wildman–Crippen LogP) is 4.47. The molecule has 0 unspecified atom stereocenters. The number of ether oxygens (including phenoxy) is 1. The summed E-state index contributed by atoms with van der Waals surface area (Å²) in [5.74, 6) is 0.748. The molecule has 3 N–H and O–H groups in total. The van der Waals surface area contributed by atoms with E-state index in [1.165, 1.54) is 43.5 Å². The van der Waals surface area contributed by atoms with Gasteiger partial charge in [0.05, 0.1) is 34.6 Å². The van der Waals surface area contributed by atoms with Crippen LogP contribution in [0.3, 0.4) is 0 Å². The zero-order valence-corrected chi connectivity index (χ0v) is 21.5. The van der Waals surface area contributed by atoms with E-state index in [1.54, 1.807) is 4.68 Å². The maximum atomic E-state index is 12.6. The van der Waals surface area contributed by atoms with Crippen molar-refractivity contribution in [2.24, 2.45) is 9.63 Å². The van der Waals surface area contributed by atoms with Crippen molar-refractivity contribution in [2.75, 3.05) is 17.6 Å². The summed E-state index contributed by atoms with van der Waals surface area (Å²) in [6, 6.07) is 18.3. The molecule has 11 nitrogen and oxygen atoms in total. The molecule has 4 aromatic rings. The summed E-state index contributed by atoms with van der Waals surface area (Å²) >= 11 is 6.47. The molecule has 184 valence electrons. The zero-order chi connectivity index (χ0) is 25.7. The Labute approximate surface area is 217 Å². The lowest BCUT2D eigenvalue weighted by Crippen LogP contribution is -2.14. The van der Waals surface area contributed by atoms with Crippen molar-refractivity contribution in [3.8, 4) is 11.6 Å². The molecule has 0 aliphatic heterocycles. The third-order valence-electron chi connectivity index (χ3n) is 4.82. The van der Waals surface area contributed by atoms with Crippen LogP contribution < -0.4 is 15.2 Å². The number of hydrogen-bond donors (Lipinski definition) is 2. The van der Waals surface area contributed by atoms with Crippen LogP contribution in [0.5, 0.6) is 5.88 Å². The van der Waals surface area contributed by atoms with Crippen LogP contribution in [-0.4, -0.2) is 39.7 Å². The van der Waals surface area contributed by atoms with E-state index in [1.807, 2.05) is 37.3 Å². The molecule has 0 aliphatic carbocycles. The second kappa shape index (κ2) is 10.8. The number of benzene rings is 2. The quantitative estimate of drug-likeness (QED) is 0.187. The molecule has 0 fully saturated rings. The first kappa shape index (κ1) is 25.2. The zero-order valence-electron chi connectivity index (χ0n) is 19.1. The van der Waals surface area contributed by atoms with Crippen molar-refractivity contribution in [2.45, 2.75) is 11.8 Å². The standard InChI is InChI=1S/C22H20N8O3S3/c1-14-20(21(23)30(27-14)16-6-4-3-5-7-16)22(34)35-29-24-15-8-10-17(11-9-15)36(31,32)28-18-12-13-19(33-2)26-25-18/h3-13H,23H2,1-2H3,(H,25,28). The highest BCUT2D eigenvalue weighted by Gasteiger charge is 2.18. The van der Waals surface area contributed by atoms with Gasteiger partial charge in [0.2, 0.25) is 5.88 Å². The number of sulfonamides is 1. The van der Waals surface area contributed by atoms with Crippen molar-refractivity contribution in [3.05, 3.63) is 78.0 Å². The average molecular weight is 541 g/mol. The molecular weight excluding hydrogens is 520 g/mol. The second-order valence-corrected chi connectivity index (χ2v) is 10.3. The van der Waals surface area contributed by atoms with E-state index in [0.29, 0.717) is 27.0 Å². The molecule has 0 spiro atoms. The Hall–Kier alpha value is -3.88. The van der Waals surface area contributed by atoms with Gasteiger partial charge in [-0.1, -0.05) is 30.4 Å². The minimum atomic E-state index is -3.86. The van der Waals surface area contributed by atoms with Crippen LogP contribution >= 0.6 is 24.2 Å². The Kier molecular flexibility index (Phi) is 7.57. The fourth-order valence-corrected chi connectivity index (χ4v) is 4.99. The van der Waals surface area contributed by atoms with Crippen LogP contribution in [0.1, 0.15) is 11.3 Å². The number of nitrogens with one attached hydrogen (secondary N) is 1. The molecule has 0 radical (unpaired) electrons. The van der Waals surface area contributed by atoms with E-state index in [2.05, 4.69) is 29.7 Å². The number of thiocarbonyl (C=S) groups is 1. The molecule has 2 aromatic heterocycles. The molecule has 4 rings (SSSR count). The third kappa shape index (κ3) is 5.67. The number of aromatic nitrogens is 4. The number of anilines is 2. The number of methoxy groups -OCH3 is 1. The SMILES string of the molecule is COc1ccc(NS(=O)(=O)c2ccc(N=NSC(=S)c3c(C)nn(-c4ccccc4)c3N)cc2)nn1. The van der Waals surface area contributed by atoms with Crippen molar-refractivity contribution < 1.29 is 13.2 Å². The molecule has 0 aliphatic rings. The number of nitrogens with two attached hydrogens (primary N) is 1. The fourth-order valence-electron chi connectivity index (χ4n) is 3.09. The molecular formula is C22H20N8O3S3. The lowest BCUT2D eigenvalue weighted by Gasteiger charge is -2.07. The molecule has 2 heterocycles. The Balaban J connectivity index is 1.41. The predicted molar refractivity (Wildman–Crippen MR) is 142 cm³/mol. The van der Waals surface area contributed by atoms with Crippen LogP contribution in [0.4, 0.5) is 17.3 Å². The number of rotatable bonds is 8. The number of nitrogen functional groups attached to an aromatic ring is 1. The third-order valence-corrected chi connectivity index (χ3v) is 7.15. The number of para-hydroxylation sites is 1. The summed E-state index contributed by atoms with van der Waals surface area (Å²) < 4.78 is 38.6. The van der Waals surface area contributed by atoms with Crippen LogP contribution in [0.25, 0.3) is 5.69 Å². The van der Waals surface area contributed by atoms with Crippen molar-refractivity contribution in [1.82, 2.24) is 20.0 Å². The summed E-state index contributed by atoms with van der Waals surface area (Å²) in [6.45, 7) is 1.82. The van der Waals surface area contributed by atoms with E-state index in [9.17, 15) is 8.42 Å². The Morgan fingerprint density at radius 1 is 1.08 bits per heavy atom. The van der Waals surface area contributed by atoms with E-state index in [0.717, 1.165) is 17.6 Å². The highest BCUT2D eigenvalue weighted by atomic mass is 32.2. The van der Waals surface area contributed by atoms with Crippen molar-refractivity contribution in [1.29, 1.82) is 0 Å². The van der Waals surface area contributed by atoms with E-state index < -0.39 is 10.0 Å².